The van der Waals surface area contributed by atoms with Gasteiger partial charge in [-0.1, -0.05) is 30.7 Å². The number of aryl methyl sites for hydroxylation is 3. The lowest BCUT2D eigenvalue weighted by Gasteiger charge is -2.32. The summed E-state index contributed by atoms with van der Waals surface area (Å²) in [6, 6.07) is 6.51. The standard InChI is InChI=1S/C19H30N2O.ClH/c1-4-20-14-17-9-11-21(12-10-17)19(22)8-7-18-6-5-15(2)13-16(18)3;/h5-6,13,17,20H,4,7-12,14H2,1-3H3;1H. The number of carbonyl (C=O) groups is 1. The molecule has 23 heavy (non-hydrogen) atoms. The quantitative estimate of drug-likeness (QED) is 0.861. The first-order valence-corrected chi connectivity index (χ1v) is 8.64. The van der Waals surface area contributed by atoms with Gasteiger partial charge in [0.1, 0.15) is 0 Å². The first-order chi connectivity index (χ1) is 10.6. The third kappa shape index (κ3) is 6.15. The van der Waals surface area contributed by atoms with E-state index in [0.29, 0.717) is 12.3 Å². The molecular weight excluding hydrogens is 308 g/mol. The number of rotatable bonds is 6. The van der Waals surface area contributed by atoms with Crippen molar-refractivity contribution in [3.8, 4) is 0 Å². The van der Waals surface area contributed by atoms with Crippen molar-refractivity contribution in [1.82, 2.24) is 10.2 Å². The molecule has 2 rings (SSSR count). The van der Waals surface area contributed by atoms with Crippen molar-refractivity contribution in [3.05, 3.63) is 34.9 Å². The summed E-state index contributed by atoms with van der Waals surface area (Å²) in [6.07, 6.45) is 3.79. The summed E-state index contributed by atoms with van der Waals surface area (Å²) in [5.41, 5.74) is 3.90. The highest BCUT2D eigenvalue weighted by Gasteiger charge is 2.22. The van der Waals surface area contributed by atoms with Crippen LogP contribution in [-0.4, -0.2) is 37.0 Å². The second-order valence-electron chi connectivity index (χ2n) is 6.56. The van der Waals surface area contributed by atoms with Crippen molar-refractivity contribution >= 4 is 18.3 Å². The molecule has 3 nitrogen and oxygen atoms in total. The van der Waals surface area contributed by atoms with Gasteiger partial charge in [-0.25, -0.2) is 0 Å². The van der Waals surface area contributed by atoms with E-state index in [1.807, 2.05) is 0 Å². The Balaban J connectivity index is 0.00000264. The molecule has 0 bridgehead atoms. The largest absolute Gasteiger partial charge is 0.343 e. The maximum atomic E-state index is 12.4. The average molecular weight is 339 g/mol. The predicted octanol–water partition coefficient (Wildman–Crippen LogP) is 3.51. The lowest BCUT2D eigenvalue weighted by atomic mass is 9.96. The number of benzene rings is 1. The van der Waals surface area contributed by atoms with Gasteiger partial charge < -0.3 is 10.2 Å². The fraction of sp³-hybridized carbons (Fsp3) is 0.632. The number of carbonyl (C=O) groups excluding carboxylic acids is 1. The second kappa shape index (κ2) is 9.94. The van der Waals surface area contributed by atoms with Crippen LogP contribution < -0.4 is 5.32 Å². The van der Waals surface area contributed by atoms with Gasteiger partial charge in [-0.3, -0.25) is 4.79 Å². The van der Waals surface area contributed by atoms with Gasteiger partial charge in [0, 0.05) is 19.5 Å². The van der Waals surface area contributed by atoms with Crippen molar-refractivity contribution in [2.75, 3.05) is 26.2 Å². The summed E-state index contributed by atoms with van der Waals surface area (Å²) in [5.74, 6) is 1.06. The molecule has 1 amide bonds. The van der Waals surface area contributed by atoms with E-state index in [9.17, 15) is 4.79 Å². The van der Waals surface area contributed by atoms with Crippen molar-refractivity contribution in [1.29, 1.82) is 0 Å². The van der Waals surface area contributed by atoms with Gasteiger partial charge in [-0.05, 0) is 63.2 Å². The van der Waals surface area contributed by atoms with Gasteiger partial charge in [0.2, 0.25) is 5.91 Å². The normalized spacial score (nSPS) is 15.3. The SMILES string of the molecule is CCNCC1CCN(C(=O)CCc2ccc(C)cc2C)CC1.Cl. The molecule has 1 aliphatic heterocycles. The van der Waals surface area contributed by atoms with Crippen LogP contribution in [0.15, 0.2) is 18.2 Å². The highest BCUT2D eigenvalue weighted by molar-refractivity contribution is 5.85. The molecule has 1 aliphatic rings. The number of halogens is 1. The Morgan fingerprint density at radius 1 is 1.26 bits per heavy atom. The summed E-state index contributed by atoms with van der Waals surface area (Å²) in [6.45, 7) is 10.4. The lowest BCUT2D eigenvalue weighted by molar-refractivity contribution is -0.132. The maximum absolute atomic E-state index is 12.4. The summed E-state index contributed by atoms with van der Waals surface area (Å²) in [5, 5.41) is 3.42. The molecular formula is C19H31ClN2O. The van der Waals surface area contributed by atoms with E-state index >= 15 is 0 Å². The van der Waals surface area contributed by atoms with Crippen LogP contribution in [0.25, 0.3) is 0 Å². The van der Waals surface area contributed by atoms with Crippen molar-refractivity contribution in [2.24, 2.45) is 5.92 Å². The Bertz CT molecular complexity index is 496. The van der Waals surface area contributed by atoms with E-state index in [-0.39, 0.29) is 12.4 Å². The Hall–Kier alpha value is -1.06. The van der Waals surface area contributed by atoms with Gasteiger partial charge in [0.25, 0.3) is 0 Å². The molecule has 1 heterocycles. The third-order valence-corrected chi connectivity index (χ3v) is 4.76. The van der Waals surface area contributed by atoms with E-state index in [1.54, 1.807) is 0 Å². The zero-order valence-electron chi connectivity index (χ0n) is 14.7. The van der Waals surface area contributed by atoms with Crippen LogP contribution in [0.4, 0.5) is 0 Å². The van der Waals surface area contributed by atoms with Gasteiger partial charge in [-0.2, -0.15) is 0 Å². The molecule has 0 spiro atoms. The number of nitrogens with one attached hydrogen (secondary N) is 1. The fourth-order valence-corrected chi connectivity index (χ4v) is 3.26. The Morgan fingerprint density at radius 3 is 2.57 bits per heavy atom. The molecule has 0 unspecified atom stereocenters. The Kier molecular flexibility index (Phi) is 8.64. The lowest BCUT2D eigenvalue weighted by Crippen LogP contribution is -2.40. The smallest absolute Gasteiger partial charge is 0.222 e. The van der Waals surface area contributed by atoms with E-state index < -0.39 is 0 Å². The molecule has 0 radical (unpaired) electrons. The van der Waals surface area contributed by atoms with E-state index in [0.717, 1.165) is 51.4 Å². The third-order valence-electron chi connectivity index (χ3n) is 4.76. The number of hydrogen-bond donors (Lipinski definition) is 1. The van der Waals surface area contributed by atoms with Crippen LogP contribution >= 0.6 is 12.4 Å². The van der Waals surface area contributed by atoms with Crippen molar-refractivity contribution in [2.45, 2.75) is 46.5 Å². The van der Waals surface area contributed by atoms with Crippen LogP contribution in [-0.2, 0) is 11.2 Å². The summed E-state index contributed by atoms with van der Waals surface area (Å²) in [7, 11) is 0. The Morgan fingerprint density at radius 2 is 1.96 bits per heavy atom. The molecule has 1 saturated heterocycles. The van der Waals surface area contributed by atoms with Gasteiger partial charge in [0.05, 0.1) is 0 Å². The molecule has 4 heteroatoms. The Labute approximate surface area is 147 Å². The molecule has 0 atom stereocenters. The van der Waals surface area contributed by atoms with Crippen molar-refractivity contribution < 1.29 is 4.79 Å². The van der Waals surface area contributed by atoms with Crippen molar-refractivity contribution in [3.63, 3.8) is 0 Å². The van der Waals surface area contributed by atoms with E-state index in [2.05, 4.69) is 49.2 Å². The fourth-order valence-electron chi connectivity index (χ4n) is 3.26. The molecule has 1 fully saturated rings. The number of amides is 1. The minimum atomic E-state index is 0. The highest BCUT2D eigenvalue weighted by Crippen LogP contribution is 2.18. The zero-order chi connectivity index (χ0) is 15.9. The number of nitrogens with zero attached hydrogens (tertiary/aromatic N) is 1. The average Bonchev–Trinajstić information content (AvgIpc) is 2.52. The number of likely N-dealkylation sites (tertiary alicyclic amines) is 1. The van der Waals surface area contributed by atoms with Crippen LogP contribution in [0.2, 0.25) is 0 Å². The van der Waals surface area contributed by atoms with Gasteiger partial charge >= 0.3 is 0 Å². The number of piperidine rings is 1. The van der Waals surface area contributed by atoms with Crippen LogP contribution in [0.3, 0.4) is 0 Å². The minimum Gasteiger partial charge on any atom is -0.343 e. The molecule has 0 aliphatic carbocycles. The van der Waals surface area contributed by atoms with Gasteiger partial charge in [-0.15, -0.1) is 12.4 Å². The van der Waals surface area contributed by atoms with Crippen LogP contribution in [0.5, 0.6) is 0 Å². The first-order valence-electron chi connectivity index (χ1n) is 8.64. The molecule has 1 aromatic rings. The molecule has 0 saturated carbocycles. The minimum absolute atomic E-state index is 0. The first kappa shape index (κ1) is 20.0. The predicted molar refractivity (Wildman–Crippen MR) is 99.3 cm³/mol. The second-order valence-corrected chi connectivity index (χ2v) is 6.56. The summed E-state index contributed by atoms with van der Waals surface area (Å²) in [4.78, 5) is 14.4. The molecule has 1 aromatic carbocycles. The van der Waals surface area contributed by atoms with Gasteiger partial charge in [0.15, 0.2) is 0 Å². The molecule has 1 N–H and O–H groups in total. The van der Waals surface area contributed by atoms with Crippen LogP contribution in [0.1, 0.15) is 42.9 Å². The summed E-state index contributed by atoms with van der Waals surface area (Å²) < 4.78 is 0. The zero-order valence-corrected chi connectivity index (χ0v) is 15.5. The van der Waals surface area contributed by atoms with E-state index in [4.69, 9.17) is 0 Å². The van der Waals surface area contributed by atoms with Crippen LogP contribution in [0, 0.1) is 19.8 Å². The van der Waals surface area contributed by atoms with E-state index in [1.165, 1.54) is 16.7 Å². The molecule has 0 aromatic heterocycles. The summed E-state index contributed by atoms with van der Waals surface area (Å²) >= 11 is 0. The number of hydrogen-bond acceptors (Lipinski definition) is 2. The maximum Gasteiger partial charge on any atom is 0.222 e. The highest BCUT2D eigenvalue weighted by atomic mass is 35.5. The monoisotopic (exact) mass is 338 g/mol. The molecule has 130 valence electrons. The topological polar surface area (TPSA) is 32.3 Å².